The maximum absolute atomic E-state index is 5.53. The van der Waals surface area contributed by atoms with Crippen LogP contribution in [-0.4, -0.2) is 28.7 Å². The van der Waals surface area contributed by atoms with Crippen LogP contribution in [-0.2, 0) is 10.8 Å². The van der Waals surface area contributed by atoms with E-state index in [0.29, 0.717) is 17.6 Å². The van der Waals surface area contributed by atoms with Crippen molar-refractivity contribution < 1.29 is 0 Å². The van der Waals surface area contributed by atoms with Gasteiger partial charge in [0.25, 0.3) is 0 Å². The van der Waals surface area contributed by atoms with E-state index in [1.807, 2.05) is 18.2 Å². The van der Waals surface area contributed by atoms with Crippen LogP contribution in [0.1, 0.15) is 49.9 Å². The van der Waals surface area contributed by atoms with Gasteiger partial charge in [0.2, 0.25) is 5.95 Å². The highest BCUT2D eigenvalue weighted by molar-refractivity contribution is 6.14. The van der Waals surface area contributed by atoms with Crippen molar-refractivity contribution >= 4 is 65.4 Å². The summed E-state index contributed by atoms with van der Waals surface area (Å²) in [4.78, 5) is 16.3. The molecule has 13 aromatic carbocycles. The van der Waals surface area contributed by atoms with Crippen molar-refractivity contribution in [2.24, 2.45) is 0 Å². The summed E-state index contributed by atoms with van der Waals surface area (Å²) in [6.45, 7) is 9.45. The van der Waals surface area contributed by atoms with Gasteiger partial charge in [0.1, 0.15) is 0 Å². The number of hydrogen-bond acceptors (Lipinski definition) is 3. The zero-order valence-corrected chi connectivity index (χ0v) is 51.9. The lowest BCUT2D eigenvalue weighted by Gasteiger charge is -2.22. The molecule has 0 saturated carbocycles. The van der Waals surface area contributed by atoms with Crippen molar-refractivity contribution in [1.82, 2.24) is 28.7 Å². The summed E-state index contributed by atoms with van der Waals surface area (Å²) in [6, 6.07) is 107. The van der Waals surface area contributed by atoms with Crippen LogP contribution in [0.3, 0.4) is 0 Å². The van der Waals surface area contributed by atoms with E-state index in [1.54, 1.807) is 0 Å². The Morgan fingerprint density at radius 1 is 0.226 bits per heavy atom. The van der Waals surface area contributed by atoms with E-state index in [4.69, 9.17) is 15.0 Å². The smallest absolute Gasteiger partial charge is 0.238 e. The lowest BCUT2D eigenvalue weighted by Crippen LogP contribution is -2.15. The number of hydrogen-bond donors (Lipinski definition) is 0. The number of para-hydroxylation sites is 2. The highest BCUT2D eigenvalue weighted by Crippen LogP contribution is 2.52. The Morgan fingerprint density at radius 2 is 0.548 bits per heavy atom. The Kier molecular flexibility index (Phi) is 11.4. The molecule has 6 nitrogen and oxygen atoms in total. The van der Waals surface area contributed by atoms with Gasteiger partial charge in [0.15, 0.2) is 11.6 Å². The molecule has 4 heterocycles. The van der Waals surface area contributed by atoms with Crippen molar-refractivity contribution in [2.45, 2.75) is 38.5 Å². The minimum atomic E-state index is -0.140. The summed E-state index contributed by atoms with van der Waals surface area (Å²) in [5.41, 5.74) is 27.9. The van der Waals surface area contributed by atoms with Crippen molar-refractivity contribution in [3.63, 3.8) is 0 Å². The van der Waals surface area contributed by atoms with Gasteiger partial charge in [0.05, 0.1) is 33.1 Å². The van der Waals surface area contributed by atoms with E-state index >= 15 is 0 Å². The zero-order valence-electron chi connectivity index (χ0n) is 51.9. The van der Waals surface area contributed by atoms with Crippen molar-refractivity contribution in [2.75, 3.05) is 0 Å². The van der Waals surface area contributed by atoms with Crippen LogP contribution in [0.4, 0.5) is 0 Å². The molecule has 6 heteroatoms. The quantitative estimate of drug-likeness (QED) is 0.152. The Balaban J connectivity index is 0.814. The highest BCUT2D eigenvalue weighted by Gasteiger charge is 2.37. The molecule has 2 aliphatic carbocycles. The number of rotatable bonds is 8. The van der Waals surface area contributed by atoms with Crippen LogP contribution < -0.4 is 0 Å². The second-order valence-electron chi connectivity index (χ2n) is 26.4. The first kappa shape index (κ1) is 53.1. The number of fused-ring (bicyclic) bond motifs is 15. The summed E-state index contributed by atoms with van der Waals surface area (Å²) < 4.78 is 7.22. The minimum Gasteiger partial charge on any atom is -0.309 e. The first-order chi connectivity index (χ1) is 45.6. The third kappa shape index (κ3) is 7.98. The van der Waals surface area contributed by atoms with Crippen molar-refractivity contribution in [3.8, 4) is 95.7 Å². The van der Waals surface area contributed by atoms with Gasteiger partial charge >= 0.3 is 0 Å². The lowest BCUT2D eigenvalue weighted by molar-refractivity contribution is 0.660. The predicted molar refractivity (Wildman–Crippen MR) is 385 cm³/mol. The first-order valence-electron chi connectivity index (χ1n) is 32.2. The molecule has 19 rings (SSSR count). The van der Waals surface area contributed by atoms with Crippen LogP contribution >= 0.6 is 0 Å². The van der Waals surface area contributed by atoms with Gasteiger partial charge in [-0.05, 0) is 139 Å². The molecule has 0 unspecified atom stereocenters. The fourth-order valence-electron chi connectivity index (χ4n) is 15.9. The number of benzene rings is 13. The van der Waals surface area contributed by atoms with Crippen molar-refractivity contribution in [1.29, 1.82) is 0 Å². The van der Waals surface area contributed by atoms with E-state index in [-0.39, 0.29) is 10.8 Å². The topological polar surface area (TPSA) is 53.5 Å². The molecule has 0 fully saturated rings. The molecule has 0 bridgehead atoms. The SMILES string of the molecule is CC1(C)c2ccccc2-c2ccc(-n3c4ccccc4c4ccc(-c5ccc6c7ccc(-c8ccc9c%10ccccc%10n(-c%10ccc%11c(c%10)C(C)(C)c%10ccccc%10-%11)c9c8)cc7n(-c7nc(-c8ccccc8)nc(-c8ccc(-c9ccccc9)cc8)n7)c6c5)cc43)cc21. The number of nitrogens with zero attached hydrogens (tertiary/aromatic N) is 6. The summed E-state index contributed by atoms with van der Waals surface area (Å²) in [6.07, 6.45) is 0. The van der Waals surface area contributed by atoms with Gasteiger partial charge in [-0.15, -0.1) is 0 Å². The Labute approximate surface area is 538 Å². The Morgan fingerprint density at radius 3 is 1.00 bits per heavy atom. The van der Waals surface area contributed by atoms with Gasteiger partial charge in [-0.1, -0.05) is 258 Å². The number of aromatic nitrogens is 6. The molecular weight excluding hydrogens is 1130 g/mol. The molecule has 0 atom stereocenters. The lowest BCUT2D eigenvalue weighted by atomic mass is 9.82. The summed E-state index contributed by atoms with van der Waals surface area (Å²) in [5.74, 6) is 1.73. The van der Waals surface area contributed by atoms with E-state index in [0.717, 1.165) is 88.7 Å². The maximum Gasteiger partial charge on any atom is 0.238 e. The molecule has 0 amide bonds. The maximum atomic E-state index is 5.53. The predicted octanol–water partition coefficient (Wildman–Crippen LogP) is 22.1. The van der Waals surface area contributed by atoms with E-state index in [9.17, 15) is 0 Å². The zero-order chi connectivity index (χ0) is 61.8. The van der Waals surface area contributed by atoms with Gasteiger partial charge in [0, 0.05) is 65.6 Å². The molecule has 93 heavy (non-hydrogen) atoms. The van der Waals surface area contributed by atoms with Crippen LogP contribution in [0.5, 0.6) is 0 Å². The third-order valence-corrected chi connectivity index (χ3v) is 20.5. The Bertz CT molecular complexity index is 5700. The van der Waals surface area contributed by atoms with Crippen LogP contribution in [0.15, 0.2) is 291 Å². The van der Waals surface area contributed by atoms with Crippen LogP contribution in [0.2, 0.25) is 0 Å². The molecule has 4 aromatic heterocycles. The largest absolute Gasteiger partial charge is 0.309 e. The monoisotopic (exact) mass is 1190 g/mol. The van der Waals surface area contributed by atoms with E-state index in [1.165, 1.54) is 77.1 Å². The molecular formula is C87H60N6. The van der Waals surface area contributed by atoms with Crippen LogP contribution in [0, 0.1) is 0 Å². The highest BCUT2D eigenvalue weighted by atomic mass is 15.2. The van der Waals surface area contributed by atoms with Gasteiger partial charge in [-0.25, -0.2) is 4.98 Å². The molecule has 0 spiro atoms. The first-order valence-corrected chi connectivity index (χ1v) is 32.2. The fourth-order valence-corrected chi connectivity index (χ4v) is 15.9. The van der Waals surface area contributed by atoms with Crippen LogP contribution in [0.25, 0.3) is 161 Å². The molecule has 17 aromatic rings. The molecule has 438 valence electrons. The van der Waals surface area contributed by atoms with Crippen molar-refractivity contribution in [3.05, 3.63) is 313 Å². The molecule has 0 saturated heterocycles. The molecule has 2 aliphatic rings. The normalized spacial score (nSPS) is 13.5. The standard InChI is InChI=1S/C87H60N6/c1-86(2)73-27-15-11-23-63(73)65-45-39-61(51-75(65)86)91-77-29-17-13-25-67(77)69-41-35-57(47-79(69)91)59-37-43-71-72-44-38-60(58-36-42-70-68-26-14-18-30-78(68)92(80(70)48-58)62-40-46-66-64-24-12-16-28-74(64)87(3,4)76(66)52-62)50-82(72)93(81(71)49-59)85-89-83(55-21-9-6-10-22-55)88-84(90-85)56-33-31-54(32-34-56)53-19-7-5-8-20-53/h5-52H,1-4H3. The average Bonchev–Trinajstić information content (AvgIpc) is 1.59. The van der Waals surface area contributed by atoms with Gasteiger partial charge in [-0.2, -0.15) is 9.97 Å². The summed E-state index contributed by atoms with van der Waals surface area (Å²) >= 11 is 0. The third-order valence-electron chi connectivity index (χ3n) is 20.5. The van der Waals surface area contributed by atoms with E-state index in [2.05, 4.69) is 314 Å². The summed E-state index contributed by atoms with van der Waals surface area (Å²) in [5, 5.41) is 7.08. The van der Waals surface area contributed by atoms with Gasteiger partial charge in [-0.3, -0.25) is 4.57 Å². The summed E-state index contributed by atoms with van der Waals surface area (Å²) in [7, 11) is 0. The second kappa shape index (κ2) is 19.9. The fraction of sp³-hybridized carbons (Fsp3) is 0.0690. The second-order valence-corrected chi connectivity index (χ2v) is 26.4. The van der Waals surface area contributed by atoms with E-state index < -0.39 is 0 Å². The van der Waals surface area contributed by atoms with Gasteiger partial charge < -0.3 is 9.13 Å². The molecule has 0 radical (unpaired) electrons. The molecule has 0 aliphatic heterocycles. The minimum absolute atomic E-state index is 0.140. The molecule has 0 N–H and O–H groups in total. The average molecular weight is 1190 g/mol. The Hall–Kier alpha value is -11.7.